The van der Waals surface area contributed by atoms with Crippen LogP contribution in [0.15, 0.2) is 91.3 Å². The van der Waals surface area contributed by atoms with Crippen molar-refractivity contribution in [2.24, 2.45) is 0 Å². The highest BCUT2D eigenvalue weighted by Gasteiger charge is 2.18. The van der Waals surface area contributed by atoms with E-state index in [0.717, 1.165) is 5.56 Å². The van der Waals surface area contributed by atoms with Gasteiger partial charge in [0.2, 0.25) is 5.91 Å². The molecule has 0 aliphatic carbocycles. The van der Waals surface area contributed by atoms with Crippen LogP contribution in [0.25, 0.3) is 0 Å². The lowest BCUT2D eigenvalue weighted by Gasteiger charge is -2.11. The summed E-state index contributed by atoms with van der Waals surface area (Å²) in [5.74, 6) is -1.45. The summed E-state index contributed by atoms with van der Waals surface area (Å²) in [6.45, 7) is 0.285. The van der Waals surface area contributed by atoms with Gasteiger partial charge in [-0.2, -0.15) is 5.10 Å². The molecule has 1 aromatic heterocycles. The second-order valence-corrected chi connectivity index (χ2v) is 7.52. The molecule has 0 aliphatic heterocycles. The predicted molar refractivity (Wildman–Crippen MR) is 125 cm³/mol. The maximum absolute atomic E-state index is 13.2. The molecule has 0 spiro atoms. The number of anilines is 1. The number of nitrogens with one attached hydrogen (secondary N) is 2. The molecule has 0 radical (unpaired) electrons. The molecule has 170 valence electrons. The van der Waals surface area contributed by atoms with Crippen molar-refractivity contribution < 1.29 is 18.8 Å². The van der Waals surface area contributed by atoms with Crippen molar-refractivity contribution in [2.45, 2.75) is 13.1 Å². The van der Waals surface area contributed by atoms with Crippen LogP contribution >= 0.6 is 0 Å². The second kappa shape index (κ2) is 10.4. The molecule has 0 aliphatic rings. The standard InChI is InChI=1S/C26H21FN4O3/c27-20-11-9-19(10-12-20)25(33)22-7-1-2-8-23(22)26(34)28-16-18-5-3-6-21(15-18)30-24(32)17-31-14-4-13-29-31/h1-15H,16-17H2,(H,28,34)(H,30,32). The number of ketones is 1. The SMILES string of the molecule is O=C(Cn1cccn1)Nc1cccc(CNC(=O)c2ccccc2C(=O)c2ccc(F)cc2)c1. The number of amides is 2. The van der Waals surface area contributed by atoms with Crippen molar-refractivity contribution in [1.82, 2.24) is 15.1 Å². The molecule has 0 atom stereocenters. The summed E-state index contributed by atoms with van der Waals surface area (Å²) >= 11 is 0. The molecule has 34 heavy (non-hydrogen) atoms. The minimum atomic E-state index is -0.442. The van der Waals surface area contributed by atoms with Gasteiger partial charge in [0.25, 0.3) is 5.91 Å². The first-order chi connectivity index (χ1) is 16.5. The Morgan fingerprint density at radius 1 is 0.882 bits per heavy atom. The van der Waals surface area contributed by atoms with Crippen molar-refractivity contribution in [1.29, 1.82) is 0 Å². The zero-order valence-electron chi connectivity index (χ0n) is 18.1. The van der Waals surface area contributed by atoms with E-state index >= 15 is 0 Å². The highest BCUT2D eigenvalue weighted by molar-refractivity contribution is 6.15. The van der Waals surface area contributed by atoms with Gasteiger partial charge in [-0.25, -0.2) is 4.39 Å². The van der Waals surface area contributed by atoms with Gasteiger partial charge >= 0.3 is 0 Å². The molecule has 0 saturated carbocycles. The average molecular weight is 456 g/mol. The van der Waals surface area contributed by atoms with Crippen molar-refractivity contribution in [3.8, 4) is 0 Å². The van der Waals surface area contributed by atoms with Gasteiger partial charge < -0.3 is 10.6 Å². The van der Waals surface area contributed by atoms with Gasteiger partial charge in [0.05, 0.1) is 5.56 Å². The third-order valence-corrected chi connectivity index (χ3v) is 5.05. The highest BCUT2D eigenvalue weighted by Crippen LogP contribution is 2.16. The largest absolute Gasteiger partial charge is 0.348 e. The van der Waals surface area contributed by atoms with E-state index in [9.17, 15) is 18.8 Å². The van der Waals surface area contributed by atoms with E-state index in [0.29, 0.717) is 11.3 Å². The van der Waals surface area contributed by atoms with Gasteiger partial charge in [0.15, 0.2) is 5.78 Å². The smallest absolute Gasteiger partial charge is 0.252 e. The Hall–Kier alpha value is -4.59. The highest BCUT2D eigenvalue weighted by atomic mass is 19.1. The fourth-order valence-electron chi connectivity index (χ4n) is 3.41. The van der Waals surface area contributed by atoms with Crippen LogP contribution in [0.2, 0.25) is 0 Å². The number of halogens is 1. The van der Waals surface area contributed by atoms with Crippen LogP contribution in [-0.2, 0) is 17.9 Å². The number of carbonyl (C=O) groups is 3. The molecular formula is C26H21FN4O3. The first kappa shape index (κ1) is 22.6. The number of rotatable bonds is 8. The molecule has 2 N–H and O–H groups in total. The van der Waals surface area contributed by atoms with Gasteiger partial charge in [-0.05, 0) is 54.1 Å². The minimum absolute atomic E-state index is 0.0901. The first-order valence-electron chi connectivity index (χ1n) is 10.5. The third kappa shape index (κ3) is 5.60. The lowest BCUT2D eigenvalue weighted by atomic mass is 9.98. The minimum Gasteiger partial charge on any atom is -0.348 e. The molecule has 8 heteroatoms. The van der Waals surface area contributed by atoms with E-state index in [4.69, 9.17) is 0 Å². The number of aromatic nitrogens is 2. The summed E-state index contributed by atoms with van der Waals surface area (Å²) in [7, 11) is 0. The van der Waals surface area contributed by atoms with Crippen LogP contribution in [-0.4, -0.2) is 27.4 Å². The molecule has 4 aromatic rings. The molecule has 3 aromatic carbocycles. The Labute approximate surface area is 195 Å². The second-order valence-electron chi connectivity index (χ2n) is 7.52. The van der Waals surface area contributed by atoms with Crippen LogP contribution in [0, 0.1) is 5.82 Å². The van der Waals surface area contributed by atoms with Gasteiger partial charge in [0.1, 0.15) is 12.4 Å². The molecule has 1 heterocycles. The van der Waals surface area contributed by atoms with E-state index in [-0.39, 0.29) is 35.9 Å². The Balaban J connectivity index is 1.41. The summed E-state index contributed by atoms with van der Waals surface area (Å²) < 4.78 is 14.7. The lowest BCUT2D eigenvalue weighted by molar-refractivity contribution is -0.116. The van der Waals surface area contributed by atoms with E-state index in [1.807, 2.05) is 6.07 Å². The molecule has 0 unspecified atom stereocenters. The van der Waals surface area contributed by atoms with Crippen molar-refractivity contribution >= 4 is 23.3 Å². The van der Waals surface area contributed by atoms with Crippen LogP contribution < -0.4 is 10.6 Å². The third-order valence-electron chi connectivity index (χ3n) is 5.05. The monoisotopic (exact) mass is 456 g/mol. The predicted octanol–water partition coefficient (Wildman–Crippen LogP) is 3.82. The van der Waals surface area contributed by atoms with Gasteiger partial charge in [-0.15, -0.1) is 0 Å². The van der Waals surface area contributed by atoms with E-state index < -0.39 is 11.7 Å². The van der Waals surface area contributed by atoms with Crippen LogP contribution in [0.3, 0.4) is 0 Å². The summed E-state index contributed by atoms with van der Waals surface area (Å²) in [6, 6.07) is 20.5. The number of nitrogens with zero attached hydrogens (tertiary/aromatic N) is 2. The fraction of sp³-hybridized carbons (Fsp3) is 0.0769. The quantitative estimate of drug-likeness (QED) is 0.394. The van der Waals surface area contributed by atoms with Crippen molar-refractivity contribution in [3.05, 3.63) is 119 Å². The maximum Gasteiger partial charge on any atom is 0.252 e. The molecule has 7 nitrogen and oxygen atoms in total. The number of carbonyl (C=O) groups excluding carboxylic acids is 3. The lowest BCUT2D eigenvalue weighted by Crippen LogP contribution is -2.25. The summed E-state index contributed by atoms with van der Waals surface area (Å²) in [5, 5.41) is 9.62. The molecule has 2 amide bonds. The Morgan fingerprint density at radius 3 is 2.38 bits per heavy atom. The molecule has 0 bridgehead atoms. The first-order valence-corrected chi connectivity index (χ1v) is 10.5. The average Bonchev–Trinajstić information content (AvgIpc) is 3.35. The Kier molecular flexibility index (Phi) is 6.88. The normalized spacial score (nSPS) is 10.5. The van der Waals surface area contributed by atoms with Gasteiger partial charge in [-0.1, -0.05) is 30.3 Å². The Bertz CT molecular complexity index is 1320. The topological polar surface area (TPSA) is 93.1 Å². The van der Waals surface area contributed by atoms with Crippen LogP contribution in [0.1, 0.15) is 31.8 Å². The zero-order valence-corrected chi connectivity index (χ0v) is 18.1. The fourth-order valence-corrected chi connectivity index (χ4v) is 3.41. The zero-order chi connectivity index (χ0) is 23.9. The van der Waals surface area contributed by atoms with Crippen LogP contribution in [0.5, 0.6) is 0 Å². The molecule has 0 saturated heterocycles. The van der Waals surface area contributed by atoms with E-state index in [1.54, 1.807) is 60.9 Å². The van der Waals surface area contributed by atoms with E-state index in [1.165, 1.54) is 28.9 Å². The Morgan fingerprint density at radius 2 is 1.65 bits per heavy atom. The summed E-state index contributed by atoms with van der Waals surface area (Å²) in [4.78, 5) is 37.9. The van der Waals surface area contributed by atoms with Crippen molar-refractivity contribution in [2.75, 3.05) is 5.32 Å². The van der Waals surface area contributed by atoms with Crippen LogP contribution in [0.4, 0.5) is 10.1 Å². The van der Waals surface area contributed by atoms with E-state index in [2.05, 4.69) is 15.7 Å². The molecular weight excluding hydrogens is 435 g/mol. The summed E-state index contributed by atoms with van der Waals surface area (Å²) in [6.07, 6.45) is 3.30. The molecule has 4 rings (SSSR count). The van der Waals surface area contributed by atoms with Gasteiger partial charge in [-0.3, -0.25) is 19.1 Å². The van der Waals surface area contributed by atoms with Gasteiger partial charge in [0, 0.05) is 35.8 Å². The summed E-state index contributed by atoms with van der Waals surface area (Å²) in [5.41, 5.74) is 2.11. The molecule has 0 fully saturated rings. The number of hydrogen-bond donors (Lipinski definition) is 2. The maximum atomic E-state index is 13.2. The number of hydrogen-bond acceptors (Lipinski definition) is 4. The number of benzene rings is 3. The van der Waals surface area contributed by atoms with Crippen molar-refractivity contribution in [3.63, 3.8) is 0 Å².